The molecule has 2 heterocycles. The van der Waals surface area contributed by atoms with Crippen LogP contribution in [0.5, 0.6) is 0 Å². The summed E-state index contributed by atoms with van der Waals surface area (Å²) in [6.45, 7) is 5.50. The number of nitrogens with zero attached hydrogens (tertiary/aromatic N) is 3. The second-order valence-corrected chi connectivity index (χ2v) is 7.60. The van der Waals surface area contributed by atoms with Crippen LogP contribution in [0.4, 0.5) is 0 Å². The standard InChI is InChI=1S/C23H26N4O2/c1-17-6-5-7-20(14-17)22-25-21(29-26-22)15-24-23(28)19-10-8-18(9-11-19)16-27-12-3-2-4-13-27/h5-11,14H,2-4,12-13,15-16H2,1H3,(H,24,28). The molecule has 0 spiro atoms. The van der Waals surface area contributed by atoms with Gasteiger partial charge >= 0.3 is 0 Å². The third-order valence-electron chi connectivity index (χ3n) is 5.22. The summed E-state index contributed by atoms with van der Waals surface area (Å²) >= 11 is 0. The van der Waals surface area contributed by atoms with Crippen molar-refractivity contribution in [3.05, 3.63) is 71.1 Å². The van der Waals surface area contributed by atoms with Gasteiger partial charge in [-0.2, -0.15) is 4.98 Å². The van der Waals surface area contributed by atoms with Crippen molar-refractivity contribution in [2.24, 2.45) is 0 Å². The van der Waals surface area contributed by atoms with Gasteiger partial charge in [0.25, 0.3) is 5.91 Å². The fourth-order valence-corrected chi connectivity index (χ4v) is 3.62. The highest BCUT2D eigenvalue weighted by molar-refractivity contribution is 5.94. The number of aromatic nitrogens is 2. The highest BCUT2D eigenvalue weighted by Gasteiger charge is 2.13. The maximum Gasteiger partial charge on any atom is 0.251 e. The third kappa shape index (κ3) is 5.09. The van der Waals surface area contributed by atoms with Gasteiger partial charge < -0.3 is 9.84 Å². The van der Waals surface area contributed by atoms with E-state index in [0.29, 0.717) is 17.3 Å². The second-order valence-electron chi connectivity index (χ2n) is 7.60. The predicted octanol–water partition coefficient (Wildman–Crippen LogP) is 3.96. The summed E-state index contributed by atoms with van der Waals surface area (Å²) in [4.78, 5) is 19.3. The lowest BCUT2D eigenvalue weighted by atomic mass is 10.1. The van der Waals surface area contributed by atoms with Crippen LogP contribution in [0.2, 0.25) is 0 Å². The van der Waals surface area contributed by atoms with Crippen LogP contribution < -0.4 is 5.32 Å². The van der Waals surface area contributed by atoms with Crippen LogP contribution in [-0.2, 0) is 13.1 Å². The van der Waals surface area contributed by atoms with E-state index in [-0.39, 0.29) is 12.5 Å². The SMILES string of the molecule is Cc1cccc(-c2noc(CNC(=O)c3ccc(CN4CCCCC4)cc3)n2)c1. The van der Waals surface area contributed by atoms with E-state index in [0.717, 1.165) is 30.8 Å². The molecule has 2 aromatic carbocycles. The molecule has 6 nitrogen and oxygen atoms in total. The van der Waals surface area contributed by atoms with E-state index < -0.39 is 0 Å². The number of hydrogen-bond acceptors (Lipinski definition) is 5. The van der Waals surface area contributed by atoms with E-state index in [9.17, 15) is 4.79 Å². The summed E-state index contributed by atoms with van der Waals surface area (Å²) in [6.07, 6.45) is 3.89. The lowest BCUT2D eigenvalue weighted by Crippen LogP contribution is -2.29. The molecule has 1 N–H and O–H groups in total. The number of hydrogen-bond donors (Lipinski definition) is 1. The smallest absolute Gasteiger partial charge is 0.251 e. The minimum absolute atomic E-state index is 0.148. The highest BCUT2D eigenvalue weighted by Crippen LogP contribution is 2.17. The zero-order valence-electron chi connectivity index (χ0n) is 16.7. The summed E-state index contributed by atoms with van der Waals surface area (Å²) in [7, 11) is 0. The minimum atomic E-state index is -0.148. The molecule has 1 amide bonds. The van der Waals surface area contributed by atoms with Crippen molar-refractivity contribution < 1.29 is 9.32 Å². The summed E-state index contributed by atoms with van der Waals surface area (Å²) in [6, 6.07) is 15.7. The Bertz CT molecular complexity index is 959. The van der Waals surface area contributed by atoms with Crippen LogP contribution >= 0.6 is 0 Å². The normalized spacial score (nSPS) is 14.7. The first-order valence-corrected chi connectivity index (χ1v) is 10.2. The summed E-state index contributed by atoms with van der Waals surface area (Å²) < 4.78 is 5.27. The molecule has 150 valence electrons. The molecule has 1 saturated heterocycles. The molecular formula is C23H26N4O2. The first-order chi connectivity index (χ1) is 14.2. The zero-order valence-corrected chi connectivity index (χ0v) is 16.7. The van der Waals surface area contributed by atoms with Crippen molar-refractivity contribution in [2.45, 2.75) is 39.3 Å². The quantitative estimate of drug-likeness (QED) is 0.690. The van der Waals surface area contributed by atoms with Crippen LogP contribution in [0.15, 0.2) is 53.1 Å². The average molecular weight is 390 g/mol. The third-order valence-corrected chi connectivity index (χ3v) is 5.22. The van der Waals surface area contributed by atoms with E-state index in [1.807, 2.05) is 55.5 Å². The van der Waals surface area contributed by atoms with Gasteiger partial charge in [-0.05, 0) is 56.6 Å². The molecule has 0 radical (unpaired) electrons. The maximum absolute atomic E-state index is 12.4. The van der Waals surface area contributed by atoms with Gasteiger partial charge in [0, 0.05) is 17.7 Å². The molecule has 0 unspecified atom stereocenters. The van der Waals surface area contributed by atoms with Crippen LogP contribution in [-0.4, -0.2) is 34.0 Å². The minimum Gasteiger partial charge on any atom is -0.343 e. The Balaban J connectivity index is 1.31. The number of likely N-dealkylation sites (tertiary alicyclic amines) is 1. The second kappa shape index (κ2) is 9.01. The van der Waals surface area contributed by atoms with Crippen molar-refractivity contribution in [1.82, 2.24) is 20.4 Å². The number of nitrogens with one attached hydrogen (secondary N) is 1. The van der Waals surface area contributed by atoms with Gasteiger partial charge in [0.1, 0.15) is 0 Å². The molecular weight excluding hydrogens is 364 g/mol. The molecule has 1 aromatic heterocycles. The number of rotatable bonds is 6. The fraction of sp³-hybridized carbons (Fsp3) is 0.348. The molecule has 0 aliphatic carbocycles. The van der Waals surface area contributed by atoms with Crippen molar-refractivity contribution in [3.8, 4) is 11.4 Å². The summed E-state index contributed by atoms with van der Waals surface area (Å²) in [5.41, 5.74) is 3.90. The molecule has 1 fully saturated rings. The van der Waals surface area contributed by atoms with Gasteiger partial charge in [0.2, 0.25) is 11.7 Å². The Labute approximate surface area is 170 Å². The Morgan fingerprint density at radius 3 is 2.66 bits per heavy atom. The van der Waals surface area contributed by atoms with Gasteiger partial charge in [0.05, 0.1) is 6.54 Å². The first kappa shape index (κ1) is 19.3. The molecule has 0 atom stereocenters. The zero-order chi connectivity index (χ0) is 20.1. The number of aryl methyl sites for hydroxylation is 1. The molecule has 4 rings (SSSR count). The van der Waals surface area contributed by atoms with Crippen LogP contribution in [0, 0.1) is 6.92 Å². The van der Waals surface area contributed by atoms with Gasteiger partial charge in [0.15, 0.2) is 0 Å². The molecule has 29 heavy (non-hydrogen) atoms. The van der Waals surface area contributed by atoms with Crippen LogP contribution in [0.1, 0.15) is 46.6 Å². The largest absolute Gasteiger partial charge is 0.343 e. The van der Waals surface area contributed by atoms with Crippen molar-refractivity contribution >= 4 is 5.91 Å². The van der Waals surface area contributed by atoms with Crippen molar-refractivity contribution in [1.29, 1.82) is 0 Å². The van der Waals surface area contributed by atoms with E-state index in [1.54, 1.807) is 0 Å². The number of carbonyl (C=O) groups is 1. The summed E-state index contributed by atoms with van der Waals surface area (Å²) in [5, 5.41) is 6.85. The van der Waals surface area contributed by atoms with E-state index in [4.69, 9.17) is 4.52 Å². The van der Waals surface area contributed by atoms with E-state index in [2.05, 4.69) is 20.4 Å². The molecule has 6 heteroatoms. The summed E-state index contributed by atoms with van der Waals surface area (Å²) in [5.74, 6) is 0.765. The number of carbonyl (C=O) groups excluding carboxylic acids is 1. The average Bonchev–Trinajstić information content (AvgIpc) is 3.22. The molecule has 3 aromatic rings. The number of amides is 1. The monoisotopic (exact) mass is 390 g/mol. The first-order valence-electron chi connectivity index (χ1n) is 10.2. The highest BCUT2D eigenvalue weighted by atomic mass is 16.5. The lowest BCUT2D eigenvalue weighted by Gasteiger charge is -2.26. The molecule has 1 aliphatic rings. The lowest BCUT2D eigenvalue weighted by molar-refractivity contribution is 0.0946. The van der Waals surface area contributed by atoms with E-state index >= 15 is 0 Å². The Kier molecular flexibility index (Phi) is 6.00. The Morgan fingerprint density at radius 2 is 1.90 bits per heavy atom. The van der Waals surface area contributed by atoms with Gasteiger partial charge in [-0.1, -0.05) is 47.5 Å². The molecule has 0 bridgehead atoms. The number of piperidine rings is 1. The maximum atomic E-state index is 12.4. The Morgan fingerprint density at radius 1 is 1.10 bits per heavy atom. The van der Waals surface area contributed by atoms with Gasteiger partial charge in [-0.25, -0.2) is 0 Å². The molecule has 1 aliphatic heterocycles. The predicted molar refractivity (Wildman–Crippen MR) is 111 cm³/mol. The number of benzene rings is 2. The van der Waals surface area contributed by atoms with Crippen molar-refractivity contribution in [2.75, 3.05) is 13.1 Å². The van der Waals surface area contributed by atoms with Gasteiger partial charge in [-0.15, -0.1) is 0 Å². The fourth-order valence-electron chi connectivity index (χ4n) is 3.62. The van der Waals surface area contributed by atoms with Crippen LogP contribution in [0.3, 0.4) is 0 Å². The van der Waals surface area contributed by atoms with E-state index in [1.165, 1.54) is 24.8 Å². The van der Waals surface area contributed by atoms with Gasteiger partial charge in [-0.3, -0.25) is 9.69 Å². The van der Waals surface area contributed by atoms with Crippen LogP contribution in [0.25, 0.3) is 11.4 Å². The molecule has 0 saturated carbocycles. The Hall–Kier alpha value is -2.99. The van der Waals surface area contributed by atoms with Crippen molar-refractivity contribution in [3.63, 3.8) is 0 Å². The topological polar surface area (TPSA) is 71.3 Å².